The Labute approximate surface area is 158 Å². The van der Waals surface area contributed by atoms with Crippen LogP contribution in [-0.2, 0) is 0 Å². The lowest BCUT2D eigenvalue weighted by molar-refractivity contribution is 0.0767. The third-order valence-corrected chi connectivity index (χ3v) is 4.55. The van der Waals surface area contributed by atoms with Crippen LogP contribution in [0.5, 0.6) is 5.75 Å². The maximum absolute atomic E-state index is 13.6. The molecule has 0 aliphatic heterocycles. The molecule has 0 aliphatic rings. The minimum absolute atomic E-state index is 0.167. The molecule has 0 N–H and O–H groups in total. The molecular formula is C19H24FN3O2S. The number of thioether (sulfide) groups is 1. The van der Waals surface area contributed by atoms with Gasteiger partial charge in [0.25, 0.3) is 5.91 Å². The third-order valence-electron chi connectivity index (χ3n) is 3.87. The highest BCUT2D eigenvalue weighted by atomic mass is 32.2. The Kier molecular flexibility index (Phi) is 6.97. The van der Waals surface area contributed by atoms with Crippen LogP contribution in [-0.4, -0.2) is 47.2 Å². The molecule has 1 aromatic carbocycles. The number of benzene rings is 1. The smallest absolute Gasteiger partial charge is 0.258 e. The average Bonchev–Trinajstić information content (AvgIpc) is 2.61. The summed E-state index contributed by atoms with van der Waals surface area (Å²) in [6, 6.07) is 6.21. The summed E-state index contributed by atoms with van der Waals surface area (Å²) in [5.74, 6) is 0.516. The number of amides is 1. The van der Waals surface area contributed by atoms with E-state index in [1.165, 1.54) is 17.8 Å². The summed E-state index contributed by atoms with van der Waals surface area (Å²) in [6.07, 6.45) is 1.89. The number of para-hydroxylation sites is 1. The quantitative estimate of drug-likeness (QED) is 0.541. The zero-order valence-corrected chi connectivity index (χ0v) is 16.6. The summed E-state index contributed by atoms with van der Waals surface area (Å²) in [5, 5.41) is 0.674. The molecule has 26 heavy (non-hydrogen) atoms. The molecule has 7 heteroatoms. The first-order valence-electron chi connectivity index (χ1n) is 8.40. The largest absolute Gasteiger partial charge is 0.489 e. The van der Waals surface area contributed by atoms with E-state index < -0.39 is 5.82 Å². The lowest BCUT2D eigenvalue weighted by Crippen LogP contribution is -2.32. The predicted molar refractivity (Wildman–Crippen MR) is 101 cm³/mol. The van der Waals surface area contributed by atoms with Crippen molar-refractivity contribution in [2.75, 3.05) is 26.5 Å². The van der Waals surface area contributed by atoms with Gasteiger partial charge in [-0.15, -0.1) is 11.8 Å². The minimum Gasteiger partial charge on any atom is -0.489 e. The molecule has 0 fully saturated rings. The monoisotopic (exact) mass is 377 g/mol. The number of hydrogen-bond donors (Lipinski definition) is 0. The maximum Gasteiger partial charge on any atom is 0.258 e. The van der Waals surface area contributed by atoms with Gasteiger partial charge in [0.15, 0.2) is 11.6 Å². The van der Waals surface area contributed by atoms with Crippen molar-refractivity contribution in [3.05, 3.63) is 47.2 Å². The summed E-state index contributed by atoms with van der Waals surface area (Å²) in [5.41, 5.74) is 1.18. The minimum atomic E-state index is -0.417. The van der Waals surface area contributed by atoms with Crippen molar-refractivity contribution in [1.82, 2.24) is 14.9 Å². The molecule has 0 spiro atoms. The standard InChI is InChI=1S/C19H24FN3O2S/c1-12(2)17-21-13(3)16(18(22-17)26-5)19(24)23(4)10-11-25-15-9-7-6-8-14(15)20/h6-9,12H,10-11H2,1-5H3. The van der Waals surface area contributed by atoms with Gasteiger partial charge >= 0.3 is 0 Å². The van der Waals surface area contributed by atoms with Crippen molar-refractivity contribution >= 4 is 17.7 Å². The topological polar surface area (TPSA) is 55.3 Å². The van der Waals surface area contributed by atoms with E-state index in [-0.39, 0.29) is 24.2 Å². The van der Waals surface area contributed by atoms with Crippen molar-refractivity contribution in [3.8, 4) is 5.75 Å². The summed E-state index contributed by atoms with van der Waals surface area (Å²) in [4.78, 5) is 23.4. The van der Waals surface area contributed by atoms with E-state index in [9.17, 15) is 9.18 Å². The number of rotatable bonds is 7. The van der Waals surface area contributed by atoms with Gasteiger partial charge < -0.3 is 9.64 Å². The Bertz CT molecular complexity index is 783. The molecule has 140 valence electrons. The second-order valence-electron chi connectivity index (χ2n) is 6.21. The molecule has 1 aromatic heterocycles. The number of halogens is 1. The number of nitrogens with zero attached hydrogens (tertiary/aromatic N) is 3. The van der Waals surface area contributed by atoms with Crippen LogP contribution in [0.25, 0.3) is 0 Å². The molecule has 1 amide bonds. The lowest BCUT2D eigenvalue weighted by atomic mass is 10.1. The van der Waals surface area contributed by atoms with E-state index in [2.05, 4.69) is 9.97 Å². The number of aryl methyl sites for hydroxylation is 1. The molecule has 0 radical (unpaired) electrons. The first kappa shape index (κ1) is 20.2. The Morgan fingerprint density at radius 1 is 1.31 bits per heavy atom. The molecule has 5 nitrogen and oxygen atoms in total. The normalized spacial score (nSPS) is 10.9. The van der Waals surface area contributed by atoms with Crippen molar-refractivity contribution in [3.63, 3.8) is 0 Å². The fourth-order valence-corrected chi connectivity index (χ4v) is 2.99. The highest BCUT2D eigenvalue weighted by Crippen LogP contribution is 2.24. The van der Waals surface area contributed by atoms with Gasteiger partial charge in [-0.05, 0) is 25.3 Å². The van der Waals surface area contributed by atoms with E-state index >= 15 is 0 Å². The molecule has 0 saturated heterocycles. The van der Waals surface area contributed by atoms with Crippen molar-refractivity contribution in [2.24, 2.45) is 0 Å². The van der Waals surface area contributed by atoms with Crippen molar-refractivity contribution in [2.45, 2.75) is 31.7 Å². The number of carbonyl (C=O) groups excluding carboxylic acids is 1. The zero-order valence-electron chi connectivity index (χ0n) is 15.7. The van der Waals surface area contributed by atoms with E-state index in [4.69, 9.17) is 4.74 Å². The van der Waals surface area contributed by atoms with Crippen LogP contribution < -0.4 is 4.74 Å². The molecule has 0 saturated carbocycles. The van der Waals surface area contributed by atoms with Crippen LogP contribution in [0, 0.1) is 12.7 Å². The van der Waals surface area contributed by atoms with Crippen LogP contribution in [0.1, 0.15) is 41.6 Å². The highest BCUT2D eigenvalue weighted by molar-refractivity contribution is 7.98. The first-order chi connectivity index (χ1) is 12.3. The number of aromatic nitrogens is 2. The molecule has 0 unspecified atom stereocenters. The van der Waals surface area contributed by atoms with E-state index in [1.54, 1.807) is 30.1 Å². The molecule has 0 aliphatic carbocycles. The Morgan fingerprint density at radius 2 is 2.00 bits per heavy atom. The van der Waals surface area contributed by atoms with E-state index in [0.29, 0.717) is 22.8 Å². The summed E-state index contributed by atoms with van der Waals surface area (Å²) in [6.45, 7) is 6.39. The van der Waals surface area contributed by atoms with Gasteiger partial charge in [0.2, 0.25) is 0 Å². The molecule has 0 bridgehead atoms. The average molecular weight is 377 g/mol. The molecule has 2 aromatic rings. The summed E-state index contributed by atoms with van der Waals surface area (Å²) in [7, 11) is 1.69. The molecule has 0 atom stereocenters. The fourth-order valence-electron chi connectivity index (χ4n) is 2.37. The van der Waals surface area contributed by atoms with Crippen LogP contribution in [0.15, 0.2) is 29.3 Å². The molecule has 2 rings (SSSR count). The lowest BCUT2D eigenvalue weighted by Gasteiger charge is -2.20. The SMILES string of the molecule is CSc1nc(C(C)C)nc(C)c1C(=O)N(C)CCOc1ccccc1F. The first-order valence-corrected chi connectivity index (χ1v) is 9.63. The number of hydrogen-bond acceptors (Lipinski definition) is 5. The second-order valence-corrected chi connectivity index (χ2v) is 7.01. The van der Waals surface area contributed by atoms with Gasteiger partial charge in [-0.25, -0.2) is 14.4 Å². The van der Waals surface area contributed by atoms with Crippen molar-refractivity contribution < 1.29 is 13.9 Å². The Balaban J connectivity index is 2.09. The number of carbonyl (C=O) groups is 1. The van der Waals surface area contributed by atoms with Gasteiger partial charge in [-0.3, -0.25) is 4.79 Å². The van der Waals surface area contributed by atoms with Crippen molar-refractivity contribution in [1.29, 1.82) is 0 Å². The second kappa shape index (κ2) is 8.98. The van der Waals surface area contributed by atoms with Gasteiger partial charge in [0, 0.05) is 13.0 Å². The maximum atomic E-state index is 13.6. The number of likely N-dealkylation sites (N-methyl/N-ethyl adjacent to an activating group) is 1. The molecular weight excluding hydrogens is 353 g/mol. The summed E-state index contributed by atoms with van der Waals surface area (Å²) < 4.78 is 19.0. The van der Waals surface area contributed by atoms with E-state index in [0.717, 1.165) is 5.82 Å². The third kappa shape index (κ3) is 4.72. The van der Waals surface area contributed by atoms with E-state index in [1.807, 2.05) is 27.0 Å². The van der Waals surface area contributed by atoms with Crippen LogP contribution >= 0.6 is 11.8 Å². The number of ether oxygens (including phenoxy) is 1. The zero-order chi connectivity index (χ0) is 19.3. The Hall–Kier alpha value is -2.15. The molecule has 1 heterocycles. The predicted octanol–water partition coefficient (Wildman–Crippen LogP) is 3.92. The summed E-state index contributed by atoms with van der Waals surface area (Å²) >= 11 is 1.43. The van der Waals surface area contributed by atoms with Gasteiger partial charge in [-0.2, -0.15) is 0 Å². The highest BCUT2D eigenvalue weighted by Gasteiger charge is 2.22. The fraction of sp³-hybridized carbons (Fsp3) is 0.421. The van der Waals surface area contributed by atoms with Gasteiger partial charge in [0.1, 0.15) is 17.5 Å². The van der Waals surface area contributed by atoms with Crippen LogP contribution in [0.4, 0.5) is 4.39 Å². The van der Waals surface area contributed by atoms with Crippen LogP contribution in [0.3, 0.4) is 0 Å². The van der Waals surface area contributed by atoms with Crippen LogP contribution in [0.2, 0.25) is 0 Å². The van der Waals surface area contributed by atoms with Gasteiger partial charge in [-0.1, -0.05) is 26.0 Å². The van der Waals surface area contributed by atoms with Gasteiger partial charge in [0.05, 0.1) is 17.8 Å². The Morgan fingerprint density at radius 3 is 2.62 bits per heavy atom.